The van der Waals surface area contributed by atoms with Gasteiger partial charge in [0.25, 0.3) is 11.5 Å². The monoisotopic (exact) mass is 452 g/mol. The van der Waals surface area contributed by atoms with E-state index in [0.717, 1.165) is 0 Å². The first-order valence-corrected chi connectivity index (χ1v) is 10.5. The number of aryl methyl sites for hydroxylation is 1. The standard InChI is InChI=1S/C23H25ClN6O2/c1-14(2)13-29-21(24)19(15(3)27-29)11-17(12-25)22(31)26-20-16(4)28(5)30(23(20)32)18-9-7-6-8-10-18/h6-11,14H,13H2,1-5H3,(H,26,31)/b17-11+. The molecule has 0 fully saturated rings. The van der Waals surface area contributed by atoms with Crippen molar-refractivity contribution in [1.82, 2.24) is 19.1 Å². The van der Waals surface area contributed by atoms with Crippen molar-refractivity contribution in [3.8, 4) is 11.8 Å². The first-order valence-electron chi connectivity index (χ1n) is 10.2. The lowest BCUT2D eigenvalue weighted by Crippen LogP contribution is -2.23. The molecular weight excluding hydrogens is 428 g/mol. The second-order valence-corrected chi connectivity index (χ2v) is 8.28. The average Bonchev–Trinajstić information content (AvgIpc) is 3.13. The summed E-state index contributed by atoms with van der Waals surface area (Å²) in [7, 11) is 1.73. The molecule has 0 bridgehead atoms. The van der Waals surface area contributed by atoms with Crippen LogP contribution in [0.5, 0.6) is 0 Å². The molecule has 0 saturated carbocycles. The van der Waals surface area contributed by atoms with Crippen LogP contribution in [0.25, 0.3) is 11.8 Å². The maximum absolute atomic E-state index is 13.0. The molecule has 166 valence electrons. The zero-order valence-electron chi connectivity index (χ0n) is 18.7. The van der Waals surface area contributed by atoms with Crippen LogP contribution in [-0.4, -0.2) is 25.1 Å². The topological polar surface area (TPSA) is 97.6 Å². The predicted octanol–water partition coefficient (Wildman–Crippen LogP) is 3.84. The summed E-state index contributed by atoms with van der Waals surface area (Å²) in [4.78, 5) is 25.9. The molecule has 0 spiro atoms. The summed E-state index contributed by atoms with van der Waals surface area (Å²) in [5, 5.41) is 17.0. The third kappa shape index (κ3) is 4.39. The van der Waals surface area contributed by atoms with Crippen LogP contribution in [0.3, 0.4) is 0 Å². The zero-order valence-corrected chi connectivity index (χ0v) is 19.4. The molecule has 3 rings (SSSR count). The fraction of sp³-hybridized carbons (Fsp3) is 0.304. The largest absolute Gasteiger partial charge is 0.315 e. The second-order valence-electron chi connectivity index (χ2n) is 7.93. The molecule has 1 aromatic carbocycles. The van der Waals surface area contributed by atoms with E-state index >= 15 is 0 Å². The number of para-hydroxylation sites is 1. The summed E-state index contributed by atoms with van der Waals surface area (Å²) >= 11 is 6.44. The quantitative estimate of drug-likeness (QED) is 0.453. The van der Waals surface area contributed by atoms with Crippen molar-refractivity contribution >= 4 is 29.3 Å². The molecule has 2 aromatic heterocycles. The van der Waals surface area contributed by atoms with E-state index in [4.69, 9.17) is 11.6 Å². The Kier molecular flexibility index (Phi) is 6.70. The first-order chi connectivity index (χ1) is 15.1. The summed E-state index contributed by atoms with van der Waals surface area (Å²) in [6.45, 7) is 8.19. The highest BCUT2D eigenvalue weighted by Gasteiger charge is 2.21. The normalized spacial score (nSPS) is 11.6. The molecule has 2 heterocycles. The van der Waals surface area contributed by atoms with Crippen molar-refractivity contribution < 1.29 is 4.79 Å². The molecular formula is C23H25ClN6O2. The lowest BCUT2D eigenvalue weighted by Gasteiger charge is -2.07. The molecule has 8 nitrogen and oxygen atoms in total. The lowest BCUT2D eigenvalue weighted by atomic mass is 10.1. The predicted molar refractivity (Wildman–Crippen MR) is 125 cm³/mol. The molecule has 32 heavy (non-hydrogen) atoms. The number of halogens is 1. The van der Waals surface area contributed by atoms with E-state index in [-0.39, 0.29) is 16.8 Å². The number of nitriles is 1. The maximum Gasteiger partial charge on any atom is 0.295 e. The number of aromatic nitrogens is 4. The fourth-order valence-corrected chi connectivity index (χ4v) is 3.68. The average molecular weight is 453 g/mol. The molecule has 0 radical (unpaired) electrons. The van der Waals surface area contributed by atoms with Crippen molar-refractivity contribution in [1.29, 1.82) is 5.26 Å². The van der Waals surface area contributed by atoms with E-state index < -0.39 is 5.91 Å². The number of rotatable bonds is 6. The van der Waals surface area contributed by atoms with Gasteiger partial charge < -0.3 is 5.32 Å². The summed E-state index contributed by atoms with van der Waals surface area (Å²) < 4.78 is 4.76. The molecule has 9 heteroatoms. The Bertz CT molecular complexity index is 1290. The van der Waals surface area contributed by atoms with Crippen LogP contribution < -0.4 is 10.9 Å². The van der Waals surface area contributed by atoms with Crippen LogP contribution in [0, 0.1) is 31.1 Å². The molecule has 0 unspecified atom stereocenters. The Hall–Kier alpha value is -3.57. The molecule has 0 aliphatic carbocycles. The minimum absolute atomic E-state index is 0.112. The summed E-state index contributed by atoms with van der Waals surface area (Å²) in [6.07, 6.45) is 1.41. The molecule has 1 N–H and O–H groups in total. The van der Waals surface area contributed by atoms with Gasteiger partial charge in [0.05, 0.1) is 17.1 Å². The number of anilines is 1. The fourth-order valence-electron chi connectivity index (χ4n) is 3.38. The lowest BCUT2D eigenvalue weighted by molar-refractivity contribution is -0.112. The second kappa shape index (κ2) is 9.28. The van der Waals surface area contributed by atoms with Crippen molar-refractivity contribution in [2.45, 2.75) is 34.2 Å². The number of benzene rings is 1. The third-order valence-electron chi connectivity index (χ3n) is 5.09. The smallest absolute Gasteiger partial charge is 0.295 e. The third-order valence-corrected chi connectivity index (χ3v) is 5.49. The van der Waals surface area contributed by atoms with Gasteiger partial charge in [-0.25, -0.2) is 4.68 Å². The van der Waals surface area contributed by atoms with Crippen LogP contribution >= 0.6 is 11.6 Å². The van der Waals surface area contributed by atoms with Gasteiger partial charge in [0.15, 0.2) is 0 Å². The number of amides is 1. The van der Waals surface area contributed by atoms with Gasteiger partial charge in [0.1, 0.15) is 22.5 Å². The van der Waals surface area contributed by atoms with E-state index in [1.165, 1.54) is 10.8 Å². The van der Waals surface area contributed by atoms with E-state index in [1.807, 2.05) is 38.1 Å². The Labute approximate surface area is 191 Å². The highest BCUT2D eigenvalue weighted by molar-refractivity contribution is 6.31. The van der Waals surface area contributed by atoms with Gasteiger partial charge in [0.2, 0.25) is 0 Å². The molecule has 3 aromatic rings. The Morgan fingerprint density at radius 2 is 1.94 bits per heavy atom. The number of carbonyl (C=O) groups is 1. The van der Waals surface area contributed by atoms with E-state index in [9.17, 15) is 14.9 Å². The van der Waals surface area contributed by atoms with Crippen LogP contribution in [0.2, 0.25) is 5.15 Å². The van der Waals surface area contributed by atoms with Crippen molar-refractivity contribution in [2.75, 3.05) is 5.32 Å². The Balaban J connectivity index is 1.96. The van der Waals surface area contributed by atoms with E-state index in [1.54, 1.807) is 42.4 Å². The van der Waals surface area contributed by atoms with Crippen LogP contribution in [0.1, 0.15) is 30.8 Å². The number of nitrogens with one attached hydrogen (secondary N) is 1. The number of carbonyl (C=O) groups excluding carboxylic acids is 1. The molecule has 0 atom stereocenters. The summed E-state index contributed by atoms with van der Waals surface area (Å²) in [5.74, 6) is -0.360. The minimum atomic E-state index is -0.689. The molecule has 0 saturated heterocycles. The zero-order chi connectivity index (χ0) is 23.6. The van der Waals surface area contributed by atoms with Gasteiger partial charge in [-0.3, -0.25) is 19.0 Å². The van der Waals surface area contributed by atoms with Crippen molar-refractivity contribution in [2.24, 2.45) is 13.0 Å². The number of nitrogens with zero attached hydrogens (tertiary/aromatic N) is 5. The van der Waals surface area contributed by atoms with Gasteiger partial charge in [-0.15, -0.1) is 0 Å². The van der Waals surface area contributed by atoms with Crippen LogP contribution in [0.4, 0.5) is 5.69 Å². The molecule has 0 aliphatic heterocycles. The van der Waals surface area contributed by atoms with Gasteiger partial charge >= 0.3 is 0 Å². The van der Waals surface area contributed by atoms with Crippen molar-refractivity contribution in [3.63, 3.8) is 0 Å². The van der Waals surface area contributed by atoms with E-state index in [2.05, 4.69) is 10.4 Å². The summed E-state index contributed by atoms with van der Waals surface area (Å²) in [6, 6.07) is 11.0. The van der Waals surface area contributed by atoms with Crippen LogP contribution in [-0.2, 0) is 18.4 Å². The number of hydrogen-bond donors (Lipinski definition) is 1. The highest BCUT2D eigenvalue weighted by Crippen LogP contribution is 2.24. The maximum atomic E-state index is 13.0. The summed E-state index contributed by atoms with van der Waals surface area (Å²) in [5.41, 5.74) is 1.89. The Morgan fingerprint density at radius 3 is 2.53 bits per heavy atom. The van der Waals surface area contributed by atoms with Crippen LogP contribution in [0.15, 0.2) is 40.7 Å². The van der Waals surface area contributed by atoms with Gasteiger partial charge in [-0.1, -0.05) is 43.6 Å². The van der Waals surface area contributed by atoms with Crippen molar-refractivity contribution in [3.05, 3.63) is 68.4 Å². The highest BCUT2D eigenvalue weighted by atomic mass is 35.5. The van der Waals surface area contributed by atoms with Gasteiger partial charge in [-0.2, -0.15) is 10.4 Å². The molecule has 1 amide bonds. The minimum Gasteiger partial charge on any atom is -0.315 e. The molecule has 0 aliphatic rings. The first kappa shape index (κ1) is 23.1. The SMILES string of the molecule is Cc1nn(CC(C)C)c(Cl)c1/C=C(\C#N)C(=O)Nc1c(C)n(C)n(-c2ccccc2)c1=O. The van der Waals surface area contributed by atoms with E-state index in [0.29, 0.717) is 40.3 Å². The Morgan fingerprint density at radius 1 is 1.28 bits per heavy atom. The van der Waals surface area contributed by atoms with Gasteiger partial charge in [-0.05, 0) is 38.0 Å². The number of hydrogen-bond acceptors (Lipinski definition) is 4. The van der Waals surface area contributed by atoms with Gasteiger partial charge in [0, 0.05) is 19.2 Å².